The minimum absolute atomic E-state index is 0. The number of phosphoric acid groups is 1. The van der Waals surface area contributed by atoms with Crippen molar-refractivity contribution >= 4 is 48.4 Å². The third-order valence-electron chi connectivity index (χ3n) is 0.183. The summed E-state index contributed by atoms with van der Waals surface area (Å²) in [5.74, 6) is 0. The molecule has 0 aliphatic rings. The molecule has 12 heavy (non-hydrogen) atoms. The van der Waals surface area contributed by atoms with Crippen molar-refractivity contribution in [1.29, 1.82) is 0 Å². The topological polar surface area (TPSA) is 86.2 Å². The van der Waals surface area contributed by atoms with Crippen LogP contribution in [0.5, 0.6) is 0 Å². The molecule has 0 radical (unpaired) electrons. The fourth-order valence-corrected chi connectivity index (χ4v) is 0.200. The molecule has 0 atom stereocenters. The molecule has 0 heterocycles. The molecule has 0 aromatic rings. The van der Waals surface area contributed by atoms with Gasteiger partial charge >= 0.3 is 17.4 Å². The van der Waals surface area contributed by atoms with Gasteiger partial charge in [-0.05, 0) is 12.3 Å². The molecule has 0 aliphatic carbocycles. The summed E-state index contributed by atoms with van der Waals surface area (Å²) in [6, 6.07) is 0. The van der Waals surface area contributed by atoms with Crippen LogP contribution in [0.4, 0.5) is 0 Å². The maximum absolute atomic E-state index is 8.55. The fraction of sp³-hybridized carbons (Fsp3) is 0. The van der Waals surface area contributed by atoms with Crippen LogP contribution in [0.3, 0.4) is 0 Å². The van der Waals surface area contributed by atoms with Crippen molar-refractivity contribution in [2.24, 2.45) is 0 Å². The van der Waals surface area contributed by atoms with Crippen LogP contribution in [0, 0.1) is 0 Å². The molecule has 0 N–H and O–H groups in total. The number of hydrogen-bond donors (Lipinski definition) is 0. The van der Waals surface area contributed by atoms with Gasteiger partial charge in [-0.15, -0.1) is 0 Å². The van der Waals surface area contributed by atoms with Gasteiger partial charge in [-0.2, -0.15) is 7.82 Å². The Bertz CT molecular complexity index is 225. The molecule has 0 amide bonds. The second-order valence-electron chi connectivity index (χ2n) is 1.01. The zero-order chi connectivity index (χ0) is 9.49. The van der Waals surface area contributed by atoms with Gasteiger partial charge in [-0.1, -0.05) is 28.9 Å². The van der Waals surface area contributed by atoms with Crippen LogP contribution in [0.25, 0.3) is 0 Å². The quantitative estimate of drug-likeness (QED) is 0.311. The van der Waals surface area contributed by atoms with Crippen molar-refractivity contribution in [2.75, 3.05) is 0 Å². The third-order valence-corrected chi connectivity index (χ3v) is 0.372. The van der Waals surface area contributed by atoms with Crippen LogP contribution < -0.4 is 14.7 Å². The summed E-state index contributed by atoms with van der Waals surface area (Å²) >= 11 is 10.1. The Balaban J connectivity index is -0.000000126. The summed E-state index contributed by atoms with van der Waals surface area (Å²) in [4.78, 5) is 25.6. The molecule has 0 fully saturated rings. The first-order valence-electron chi connectivity index (χ1n) is 1.96. The Morgan fingerprint density at radius 1 is 1.33 bits per heavy atom. The smallest absolute Gasteiger partial charge is 0.822 e. The van der Waals surface area contributed by atoms with E-state index in [-0.39, 0.29) is 21.9 Å². The summed E-state index contributed by atoms with van der Waals surface area (Å²) in [5, 5.41) is 0. The van der Waals surface area contributed by atoms with Gasteiger partial charge in [0, 0.05) is 0 Å². The average Bonchev–Trinajstić information content (AvgIpc) is 1.58. The zero-order valence-electron chi connectivity index (χ0n) is 5.62. The molecule has 0 spiro atoms. The van der Waals surface area contributed by atoms with Crippen molar-refractivity contribution < 1.29 is 19.2 Å². The summed E-state index contributed by atoms with van der Waals surface area (Å²) in [6.45, 7) is 3.18. The molecule has 0 unspecified atom stereocenters. The van der Waals surface area contributed by atoms with E-state index in [1.54, 1.807) is 0 Å². The van der Waals surface area contributed by atoms with E-state index in [0.29, 0.717) is 0 Å². The number of hydrogen-bond acceptors (Lipinski definition) is 4. The Morgan fingerprint density at radius 3 is 1.58 bits per heavy atom. The Labute approximate surface area is 90.2 Å². The van der Waals surface area contributed by atoms with E-state index >= 15 is 0 Å². The molecule has 0 saturated carbocycles. The molecule has 0 saturated heterocycles. The van der Waals surface area contributed by atoms with E-state index in [9.17, 15) is 0 Å². The molecule has 0 aromatic heterocycles. The number of halogens is 2. The monoisotopic (exact) mass is 242 g/mol. The van der Waals surface area contributed by atoms with E-state index in [1.807, 2.05) is 0 Å². The van der Waals surface area contributed by atoms with Crippen molar-refractivity contribution in [3.8, 4) is 0 Å². The maximum atomic E-state index is 8.55. The van der Waals surface area contributed by atoms with Crippen molar-refractivity contribution in [3.05, 3.63) is 22.5 Å². The first-order valence-corrected chi connectivity index (χ1v) is 4.18. The SMILES string of the molecule is C=C=C=C(Cl)Cl.O=P([O-])([O-])[O-].[Al+3]. The number of rotatable bonds is 0. The van der Waals surface area contributed by atoms with E-state index < -0.39 is 7.82 Å². The van der Waals surface area contributed by atoms with Gasteiger partial charge in [0.2, 0.25) is 0 Å². The molecule has 8 heteroatoms. The summed E-state index contributed by atoms with van der Waals surface area (Å²) in [6.07, 6.45) is 0. The van der Waals surface area contributed by atoms with Crippen molar-refractivity contribution in [2.45, 2.75) is 0 Å². The third kappa shape index (κ3) is 76.9. The predicted octanol–water partition coefficient (Wildman–Crippen LogP) is -0.960. The van der Waals surface area contributed by atoms with Gasteiger partial charge in [-0.25, -0.2) is 0 Å². The van der Waals surface area contributed by atoms with E-state index in [2.05, 4.69) is 18.0 Å². The largest absolute Gasteiger partial charge is 3.00 e. The van der Waals surface area contributed by atoms with E-state index in [1.165, 1.54) is 0 Å². The Hall–Kier alpha value is 0.522. The van der Waals surface area contributed by atoms with Crippen LogP contribution in [0.2, 0.25) is 0 Å². The average molecular weight is 243 g/mol. The van der Waals surface area contributed by atoms with Crippen LogP contribution in [0.15, 0.2) is 22.5 Å². The molecule has 0 aliphatic heterocycles. The van der Waals surface area contributed by atoms with Crippen LogP contribution in [0.1, 0.15) is 0 Å². The standard InChI is InChI=1S/C4H2Cl2.Al.H3O4P/c1-2-3-4(5)6;;1-5(2,3)4/h1H2;;(H3,1,2,3,4)/q;+3;/p-3. The summed E-state index contributed by atoms with van der Waals surface area (Å²) < 4.78 is 8.61. The Kier molecular flexibility index (Phi) is 14.7. The van der Waals surface area contributed by atoms with Crippen LogP contribution in [-0.4, -0.2) is 17.4 Å². The van der Waals surface area contributed by atoms with Gasteiger partial charge in [0.1, 0.15) is 0 Å². The molecular weight excluding hydrogens is 241 g/mol. The van der Waals surface area contributed by atoms with Crippen LogP contribution in [-0.2, 0) is 4.57 Å². The summed E-state index contributed by atoms with van der Waals surface area (Å²) in [5.41, 5.74) is 4.56. The van der Waals surface area contributed by atoms with Gasteiger partial charge in [0.05, 0.1) is 0 Å². The maximum Gasteiger partial charge on any atom is 3.00 e. The fourth-order valence-electron chi connectivity index (χ4n) is 0.0668. The van der Waals surface area contributed by atoms with Crippen LogP contribution >= 0.6 is 31.0 Å². The van der Waals surface area contributed by atoms with Crippen molar-refractivity contribution in [1.82, 2.24) is 0 Å². The van der Waals surface area contributed by atoms with E-state index in [0.717, 1.165) is 0 Å². The predicted molar refractivity (Wildman–Crippen MR) is 41.2 cm³/mol. The van der Waals surface area contributed by atoms with Gasteiger partial charge < -0.3 is 19.2 Å². The molecule has 4 nitrogen and oxygen atoms in total. The molecular formula is C4H2AlCl2O4P. The molecule has 0 rings (SSSR count). The first-order chi connectivity index (χ1) is 4.77. The molecule has 64 valence electrons. The Morgan fingerprint density at radius 2 is 1.58 bits per heavy atom. The molecule has 0 aromatic carbocycles. The van der Waals surface area contributed by atoms with Gasteiger partial charge in [-0.3, -0.25) is 0 Å². The first kappa shape index (κ1) is 18.3. The van der Waals surface area contributed by atoms with Gasteiger partial charge in [0.15, 0.2) is 4.49 Å². The second-order valence-corrected chi connectivity index (χ2v) is 2.85. The zero-order valence-corrected chi connectivity index (χ0v) is 9.18. The molecule has 0 bridgehead atoms. The minimum Gasteiger partial charge on any atom is -0.822 e. The normalized spacial score (nSPS) is 7.75. The summed E-state index contributed by atoms with van der Waals surface area (Å²) in [7, 11) is -5.39. The van der Waals surface area contributed by atoms with E-state index in [4.69, 9.17) is 42.4 Å². The second kappa shape index (κ2) is 9.61. The van der Waals surface area contributed by atoms with Gasteiger partial charge in [0.25, 0.3) is 0 Å². The minimum atomic E-state index is -5.39. The van der Waals surface area contributed by atoms with Crippen molar-refractivity contribution in [3.63, 3.8) is 0 Å².